The van der Waals surface area contributed by atoms with Crippen molar-refractivity contribution in [3.63, 3.8) is 0 Å². The first-order valence-corrected chi connectivity index (χ1v) is 12.0. The summed E-state index contributed by atoms with van der Waals surface area (Å²) in [5.41, 5.74) is 9.18. The van der Waals surface area contributed by atoms with Gasteiger partial charge in [-0.1, -0.05) is 30.3 Å². The first-order valence-electron chi connectivity index (χ1n) is 12.0. The first-order chi connectivity index (χ1) is 16.6. The Balaban J connectivity index is 1.21. The van der Waals surface area contributed by atoms with Crippen LogP contribution in [0.25, 0.3) is 22.9 Å². The number of anilines is 1. The summed E-state index contributed by atoms with van der Waals surface area (Å²) >= 11 is 0. The van der Waals surface area contributed by atoms with Gasteiger partial charge in [0, 0.05) is 61.1 Å². The predicted octanol–water partition coefficient (Wildman–Crippen LogP) is 4.70. The molecular weight excluding hydrogens is 422 g/mol. The van der Waals surface area contributed by atoms with Gasteiger partial charge in [-0.15, -0.1) is 0 Å². The summed E-state index contributed by atoms with van der Waals surface area (Å²) in [6.45, 7) is 6.11. The number of rotatable bonds is 4. The minimum atomic E-state index is 0.437. The summed E-state index contributed by atoms with van der Waals surface area (Å²) in [5.74, 6) is 2.60. The lowest BCUT2D eigenvalue weighted by molar-refractivity contribution is 0.486. The van der Waals surface area contributed by atoms with Gasteiger partial charge in [-0.05, 0) is 38.3 Å². The van der Waals surface area contributed by atoms with Crippen molar-refractivity contribution in [1.29, 1.82) is 0 Å². The lowest BCUT2D eigenvalue weighted by atomic mass is 9.96. The molecule has 1 saturated heterocycles. The third-order valence-corrected chi connectivity index (χ3v) is 7.11. The van der Waals surface area contributed by atoms with Gasteiger partial charge in [0.05, 0.1) is 17.1 Å². The fraction of sp³-hybridized carbons (Fsp3) is 0.333. The Morgan fingerprint density at radius 2 is 1.82 bits per heavy atom. The molecule has 0 spiro atoms. The number of hydrogen-bond acceptors (Lipinski definition) is 5. The van der Waals surface area contributed by atoms with Crippen molar-refractivity contribution in [2.45, 2.75) is 39.0 Å². The van der Waals surface area contributed by atoms with E-state index < -0.39 is 0 Å². The SMILES string of the molecule is Cc1nn(C)cc1C1=Cc2c(ncnc2N2CCC(c3nc(-c4ccccc4)c(C)[nH]3)CC2)C1. The normalized spacial score (nSPS) is 16.1. The molecule has 172 valence electrons. The van der Waals surface area contributed by atoms with E-state index in [0.717, 1.165) is 66.8 Å². The second-order valence-corrected chi connectivity index (χ2v) is 9.43. The first kappa shape index (κ1) is 20.8. The molecule has 1 aliphatic carbocycles. The number of imidazole rings is 1. The van der Waals surface area contributed by atoms with Gasteiger partial charge >= 0.3 is 0 Å². The Kier molecular flexibility index (Phi) is 5.05. The quantitative estimate of drug-likeness (QED) is 0.487. The van der Waals surface area contributed by atoms with Crippen molar-refractivity contribution in [2.75, 3.05) is 18.0 Å². The average molecular weight is 452 g/mol. The highest BCUT2D eigenvalue weighted by Gasteiger charge is 2.28. The van der Waals surface area contributed by atoms with Crippen LogP contribution in [0.4, 0.5) is 5.82 Å². The molecule has 1 fully saturated rings. The fourth-order valence-corrected chi connectivity index (χ4v) is 5.37. The molecule has 0 amide bonds. The Labute approximate surface area is 199 Å². The van der Waals surface area contributed by atoms with E-state index in [1.165, 1.54) is 22.3 Å². The number of aryl methyl sites for hydroxylation is 3. The molecule has 2 aliphatic rings. The van der Waals surface area contributed by atoms with Crippen molar-refractivity contribution in [1.82, 2.24) is 29.7 Å². The largest absolute Gasteiger partial charge is 0.356 e. The molecule has 34 heavy (non-hydrogen) atoms. The summed E-state index contributed by atoms with van der Waals surface area (Å²) in [6, 6.07) is 10.4. The minimum absolute atomic E-state index is 0.437. The maximum absolute atomic E-state index is 5.00. The van der Waals surface area contributed by atoms with Gasteiger partial charge < -0.3 is 9.88 Å². The molecule has 4 aromatic rings. The Hall–Kier alpha value is -3.74. The van der Waals surface area contributed by atoms with Crippen molar-refractivity contribution < 1.29 is 0 Å². The Morgan fingerprint density at radius 1 is 1.03 bits per heavy atom. The zero-order chi connectivity index (χ0) is 23.2. The highest BCUT2D eigenvalue weighted by atomic mass is 15.2. The molecule has 0 atom stereocenters. The number of hydrogen-bond donors (Lipinski definition) is 1. The van der Waals surface area contributed by atoms with Crippen LogP contribution in [-0.2, 0) is 13.5 Å². The van der Waals surface area contributed by atoms with Crippen LogP contribution < -0.4 is 4.90 Å². The van der Waals surface area contributed by atoms with E-state index in [1.807, 2.05) is 17.8 Å². The summed E-state index contributed by atoms with van der Waals surface area (Å²) in [4.78, 5) is 20.3. The molecular formula is C27H29N7. The monoisotopic (exact) mass is 451 g/mol. The van der Waals surface area contributed by atoms with Gasteiger partial charge in [0.2, 0.25) is 0 Å². The van der Waals surface area contributed by atoms with E-state index in [0.29, 0.717) is 5.92 Å². The third-order valence-electron chi connectivity index (χ3n) is 7.11. The lowest BCUT2D eigenvalue weighted by Crippen LogP contribution is -2.34. The predicted molar refractivity (Wildman–Crippen MR) is 135 cm³/mol. The molecule has 1 aromatic carbocycles. The molecule has 7 heteroatoms. The minimum Gasteiger partial charge on any atom is -0.356 e. The van der Waals surface area contributed by atoms with E-state index in [1.54, 1.807) is 6.33 Å². The van der Waals surface area contributed by atoms with Crippen LogP contribution in [0.1, 0.15) is 52.8 Å². The van der Waals surface area contributed by atoms with Crippen LogP contribution in [0.2, 0.25) is 0 Å². The highest BCUT2D eigenvalue weighted by Crippen LogP contribution is 2.38. The summed E-state index contributed by atoms with van der Waals surface area (Å²) < 4.78 is 1.88. The molecule has 0 saturated carbocycles. The molecule has 0 unspecified atom stereocenters. The summed E-state index contributed by atoms with van der Waals surface area (Å²) in [7, 11) is 1.97. The number of H-pyrrole nitrogens is 1. The fourth-order valence-electron chi connectivity index (χ4n) is 5.37. The van der Waals surface area contributed by atoms with Crippen molar-refractivity contribution >= 4 is 17.5 Å². The summed E-state index contributed by atoms with van der Waals surface area (Å²) in [6.07, 6.45) is 9.02. The van der Waals surface area contributed by atoms with E-state index in [-0.39, 0.29) is 0 Å². The highest BCUT2D eigenvalue weighted by molar-refractivity contribution is 5.91. The van der Waals surface area contributed by atoms with E-state index in [2.05, 4.69) is 70.4 Å². The van der Waals surface area contributed by atoms with Crippen LogP contribution in [0.15, 0.2) is 42.9 Å². The molecule has 3 aromatic heterocycles. The van der Waals surface area contributed by atoms with Crippen LogP contribution in [0.3, 0.4) is 0 Å². The average Bonchev–Trinajstić information content (AvgIpc) is 3.55. The number of benzene rings is 1. The second kappa shape index (κ2) is 8.24. The Bertz CT molecular complexity index is 1370. The number of fused-ring (bicyclic) bond motifs is 1. The number of piperidine rings is 1. The van der Waals surface area contributed by atoms with Gasteiger partial charge in [0.25, 0.3) is 0 Å². The van der Waals surface area contributed by atoms with Gasteiger partial charge in [0.15, 0.2) is 0 Å². The number of nitrogens with zero attached hydrogens (tertiary/aromatic N) is 6. The van der Waals surface area contributed by atoms with Gasteiger partial charge in [-0.25, -0.2) is 15.0 Å². The molecule has 1 N–H and O–H groups in total. The van der Waals surface area contributed by atoms with Crippen molar-refractivity contribution in [2.24, 2.45) is 7.05 Å². The molecule has 0 bridgehead atoms. The Morgan fingerprint density at radius 3 is 2.56 bits per heavy atom. The molecule has 7 nitrogen and oxygen atoms in total. The smallest absolute Gasteiger partial charge is 0.139 e. The van der Waals surface area contributed by atoms with Gasteiger partial charge in [-0.2, -0.15) is 5.10 Å². The van der Waals surface area contributed by atoms with E-state index in [4.69, 9.17) is 9.97 Å². The molecule has 0 radical (unpaired) electrons. The number of aromatic nitrogens is 6. The van der Waals surface area contributed by atoms with Crippen molar-refractivity contribution in [3.05, 3.63) is 76.9 Å². The van der Waals surface area contributed by atoms with E-state index in [9.17, 15) is 0 Å². The third kappa shape index (κ3) is 3.61. The van der Waals surface area contributed by atoms with Crippen LogP contribution in [0.5, 0.6) is 0 Å². The zero-order valence-corrected chi connectivity index (χ0v) is 19.9. The van der Waals surface area contributed by atoms with Crippen LogP contribution >= 0.6 is 0 Å². The second-order valence-electron chi connectivity index (χ2n) is 9.43. The maximum Gasteiger partial charge on any atom is 0.139 e. The number of nitrogens with one attached hydrogen (secondary N) is 1. The maximum atomic E-state index is 5.00. The standard InChI is InChI=1S/C27H29N7/c1-17-23(15-33(3)32-17)21-13-22-24(14-21)28-16-29-27(22)34-11-9-20(10-12-34)26-30-18(2)25(31-26)19-7-5-4-6-8-19/h4-8,13,15-16,20H,9-12,14H2,1-3H3,(H,30,31). The lowest BCUT2D eigenvalue weighted by Gasteiger charge is -2.32. The van der Waals surface area contributed by atoms with E-state index >= 15 is 0 Å². The van der Waals surface area contributed by atoms with Crippen LogP contribution in [0, 0.1) is 13.8 Å². The zero-order valence-electron chi connectivity index (χ0n) is 19.9. The van der Waals surface area contributed by atoms with Gasteiger partial charge in [-0.3, -0.25) is 4.68 Å². The van der Waals surface area contributed by atoms with Gasteiger partial charge in [0.1, 0.15) is 18.0 Å². The number of aromatic amines is 1. The van der Waals surface area contributed by atoms with Crippen LogP contribution in [-0.4, -0.2) is 42.8 Å². The number of allylic oxidation sites excluding steroid dienone is 1. The molecule has 6 rings (SSSR count). The summed E-state index contributed by atoms with van der Waals surface area (Å²) in [5, 5.41) is 4.52. The van der Waals surface area contributed by atoms with Crippen molar-refractivity contribution in [3.8, 4) is 11.3 Å². The molecule has 1 aliphatic heterocycles. The molecule has 4 heterocycles. The topological polar surface area (TPSA) is 75.5 Å².